The van der Waals surface area contributed by atoms with E-state index in [0.717, 1.165) is 4.90 Å². The average molecular weight is 153 g/mol. The summed E-state index contributed by atoms with van der Waals surface area (Å²) < 4.78 is 0. The van der Waals surface area contributed by atoms with Crippen LogP contribution >= 0.6 is 0 Å². The van der Waals surface area contributed by atoms with Crippen LogP contribution in [-0.2, 0) is 4.79 Å². The predicted octanol–water partition coefficient (Wildman–Crippen LogP) is -0.596. The molecule has 0 radical (unpaired) electrons. The third kappa shape index (κ3) is 1.15. The zero-order valence-corrected chi connectivity index (χ0v) is 6.07. The first-order valence-corrected chi connectivity index (χ1v) is 3.09. The summed E-state index contributed by atoms with van der Waals surface area (Å²) in [5.74, 6) is -0.306. The minimum atomic E-state index is -0.392. The number of urea groups is 1. The van der Waals surface area contributed by atoms with E-state index in [-0.39, 0.29) is 19.0 Å². The fourth-order valence-electron chi connectivity index (χ4n) is 0.895. The van der Waals surface area contributed by atoms with Crippen molar-refractivity contribution in [1.29, 1.82) is 5.26 Å². The molecule has 1 saturated heterocycles. The summed E-state index contributed by atoms with van der Waals surface area (Å²) in [5.41, 5.74) is 0. The Balaban J connectivity index is 2.73. The number of hydrogen-bond donors (Lipinski definition) is 0. The van der Waals surface area contributed by atoms with Crippen LogP contribution in [0.25, 0.3) is 0 Å². The number of rotatable bonds is 1. The van der Waals surface area contributed by atoms with Gasteiger partial charge in [0.2, 0.25) is 0 Å². The van der Waals surface area contributed by atoms with Crippen LogP contribution < -0.4 is 0 Å². The van der Waals surface area contributed by atoms with Gasteiger partial charge in [-0.3, -0.25) is 4.79 Å². The van der Waals surface area contributed by atoms with Crippen LogP contribution in [0.4, 0.5) is 4.79 Å². The second-order valence-corrected chi connectivity index (χ2v) is 2.28. The van der Waals surface area contributed by atoms with Crippen LogP contribution in [0, 0.1) is 11.3 Å². The third-order valence-electron chi connectivity index (χ3n) is 1.46. The molecule has 0 aromatic heterocycles. The first kappa shape index (κ1) is 7.54. The van der Waals surface area contributed by atoms with Crippen molar-refractivity contribution >= 4 is 11.9 Å². The molecular weight excluding hydrogens is 146 g/mol. The molecule has 5 nitrogen and oxygen atoms in total. The summed E-state index contributed by atoms with van der Waals surface area (Å²) in [4.78, 5) is 24.1. The molecule has 0 aromatic carbocycles. The van der Waals surface area contributed by atoms with Gasteiger partial charge in [-0.15, -0.1) is 0 Å². The lowest BCUT2D eigenvalue weighted by Crippen LogP contribution is -2.31. The first-order chi connectivity index (χ1) is 5.16. The van der Waals surface area contributed by atoms with Crippen LogP contribution in [0.3, 0.4) is 0 Å². The van der Waals surface area contributed by atoms with Crippen LogP contribution in [-0.4, -0.2) is 41.9 Å². The highest BCUT2D eigenvalue weighted by molar-refractivity contribution is 6.01. The van der Waals surface area contributed by atoms with Crippen LogP contribution in [0.15, 0.2) is 0 Å². The fourth-order valence-corrected chi connectivity index (χ4v) is 0.895. The van der Waals surface area contributed by atoms with Gasteiger partial charge in [0.05, 0.1) is 6.07 Å². The number of nitriles is 1. The molecule has 58 valence electrons. The van der Waals surface area contributed by atoms with Crippen LogP contribution in [0.2, 0.25) is 0 Å². The van der Waals surface area contributed by atoms with Crippen molar-refractivity contribution in [2.75, 3.05) is 20.1 Å². The fraction of sp³-hybridized carbons (Fsp3) is 0.500. The maximum absolute atomic E-state index is 11.0. The van der Waals surface area contributed by atoms with E-state index in [9.17, 15) is 9.59 Å². The molecule has 0 unspecified atom stereocenters. The monoisotopic (exact) mass is 153 g/mol. The van der Waals surface area contributed by atoms with E-state index in [2.05, 4.69) is 0 Å². The molecule has 0 bridgehead atoms. The molecule has 0 aromatic rings. The average Bonchev–Trinajstić information content (AvgIpc) is 2.17. The van der Waals surface area contributed by atoms with Crippen molar-refractivity contribution in [3.05, 3.63) is 0 Å². The Morgan fingerprint density at radius 2 is 2.27 bits per heavy atom. The zero-order chi connectivity index (χ0) is 8.43. The van der Waals surface area contributed by atoms with Gasteiger partial charge in [-0.1, -0.05) is 0 Å². The number of carbonyl (C=O) groups is 2. The van der Waals surface area contributed by atoms with Crippen molar-refractivity contribution in [2.45, 2.75) is 0 Å². The molecule has 0 aliphatic carbocycles. The van der Waals surface area contributed by atoms with Gasteiger partial charge in [0, 0.05) is 7.05 Å². The van der Waals surface area contributed by atoms with E-state index >= 15 is 0 Å². The number of amides is 3. The Morgan fingerprint density at radius 1 is 1.64 bits per heavy atom. The van der Waals surface area contributed by atoms with E-state index in [0.29, 0.717) is 0 Å². The Kier molecular flexibility index (Phi) is 1.77. The minimum absolute atomic E-state index is 0.0838. The highest BCUT2D eigenvalue weighted by Gasteiger charge is 2.32. The van der Waals surface area contributed by atoms with Crippen molar-refractivity contribution < 1.29 is 9.59 Å². The normalized spacial score (nSPS) is 17.5. The van der Waals surface area contributed by atoms with Gasteiger partial charge in [0.1, 0.15) is 13.1 Å². The molecule has 0 N–H and O–H groups in total. The summed E-state index contributed by atoms with van der Waals surface area (Å²) in [6.45, 7) is -0.0669. The Morgan fingerprint density at radius 3 is 2.64 bits per heavy atom. The molecule has 5 heteroatoms. The number of carbonyl (C=O) groups excluding carboxylic acids is 2. The SMILES string of the molecule is CN1CC(=O)N(CC#N)C1=O. The van der Waals surface area contributed by atoms with E-state index in [1.165, 1.54) is 11.9 Å². The number of nitrogens with zero attached hydrogens (tertiary/aromatic N) is 3. The number of imide groups is 1. The summed E-state index contributed by atoms with van der Waals surface area (Å²) in [6.07, 6.45) is 0. The summed E-state index contributed by atoms with van der Waals surface area (Å²) in [5, 5.41) is 8.23. The second kappa shape index (κ2) is 2.58. The lowest BCUT2D eigenvalue weighted by Gasteiger charge is -2.08. The van der Waals surface area contributed by atoms with Gasteiger partial charge in [0.15, 0.2) is 0 Å². The lowest BCUT2D eigenvalue weighted by molar-refractivity contribution is -0.124. The molecule has 3 amide bonds. The first-order valence-electron chi connectivity index (χ1n) is 3.09. The van der Waals surface area contributed by atoms with Crippen LogP contribution in [0.5, 0.6) is 0 Å². The Bertz CT molecular complexity index is 243. The standard InChI is InChI=1S/C6H7N3O2/c1-8-4-5(10)9(3-2-7)6(8)11/h3-4H2,1H3. The minimum Gasteiger partial charge on any atom is -0.318 e. The van der Waals surface area contributed by atoms with Gasteiger partial charge in [-0.05, 0) is 0 Å². The van der Waals surface area contributed by atoms with E-state index in [4.69, 9.17) is 5.26 Å². The molecule has 0 saturated carbocycles. The van der Waals surface area contributed by atoms with E-state index in [1.54, 1.807) is 6.07 Å². The molecule has 0 atom stereocenters. The van der Waals surface area contributed by atoms with Gasteiger partial charge >= 0.3 is 6.03 Å². The molecule has 1 fully saturated rings. The quantitative estimate of drug-likeness (QED) is 0.373. The predicted molar refractivity (Wildman–Crippen MR) is 35.4 cm³/mol. The molecule has 1 heterocycles. The Labute approximate surface area is 63.8 Å². The summed E-state index contributed by atoms with van der Waals surface area (Å²) in [7, 11) is 1.53. The maximum atomic E-state index is 11.0. The number of hydrogen-bond acceptors (Lipinski definition) is 3. The largest absolute Gasteiger partial charge is 0.327 e. The molecular formula is C6H7N3O2. The van der Waals surface area contributed by atoms with Gasteiger partial charge in [-0.2, -0.15) is 5.26 Å². The third-order valence-corrected chi connectivity index (χ3v) is 1.46. The lowest BCUT2D eigenvalue weighted by atomic mass is 10.5. The van der Waals surface area contributed by atoms with Crippen molar-refractivity contribution in [2.24, 2.45) is 0 Å². The molecule has 1 aliphatic rings. The molecule has 0 spiro atoms. The highest BCUT2D eigenvalue weighted by atomic mass is 16.2. The van der Waals surface area contributed by atoms with Gasteiger partial charge < -0.3 is 4.90 Å². The van der Waals surface area contributed by atoms with E-state index < -0.39 is 6.03 Å². The highest BCUT2D eigenvalue weighted by Crippen LogP contribution is 2.05. The van der Waals surface area contributed by atoms with E-state index in [1.807, 2.05) is 0 Å². The smallest absolute Gasteiger partial charge is 0.318 e. The van der Waals surface area contributed by atoms with Gasteiger partial charge in [0.25, 0.3) is 5.91 Å². The maximum Gasteiger partial charge on any atom is 0.327 e. The van der Waals surface area contributed by atoms with Crippen molar-refractivity contribution in [3.8, 4) is 6.07 Å². The molecule has 1 aliphatic heterocycles. The number of likely N-dealkylation sites (N-methyl/N-ethyl adjacent to an activating group) is 1. The summed E-state index contributed by atoms with van der Waals surface area (Å²) >= 11 is 0. The van der Waals surface area contributed by atoms with Crippen LogP contribution in [0.1, 0.15) is 0 Å². The van der Waals surface area contributed by atoms with Gasteiger partial charge in [-0.25, -0.2) is 9.69 Å². The molecule has 1 rings (SSSR count). The van der Waals surface area contributed by atoms with Crippen molar-refractivity contribution in [3.63, 3.8) is 0 Å². The zero-order valence-electron chi connectivity index (χ0n) is 6.07. The topological polar surface area (TPSA) is 64.4 Å². The second-order valence-electron chi connectivity index (χ2n) is 2.28. The molecule has 11 heavy (non-hydrogen) atoms. The van der Waals surface area contributed by atoms with Crippen molar-refractivity contribution in [1.82, 2.24) is 9.80 Å². The Hall–Kier alpha value is -1.57. The summed E-state index contributed by atoms with van der Waals surface area (Å²) in [6, 6.07) is 1.36.